The summed E-state index contributed by atoms with van der Waals surface area (Å²) in [4.78, 5) is 23.6. The van der Waals surface area contributed by atoms with Crippen LogP contribution in [-0.4, -0.2) is 16.0 Å². The van der Waals surface area contributed by atoms with Gasteiger partial charge in [-0.15, -0.1) is 0 Å². The molecule has 5 nitrogen and oxygen atoms in total. The Morgan fingerprint density at radius 3 is 2.45 bits per heavy atom. The number of nitro groups is 1. The van der Waals surface area contributed by atoms with Gasteiger partial charge in [-0.05, 0) is 41.5 Å². The van der Waals surface area contributed by atoms with Crippen LogP contribution < -0.4 is 0 Å². The molecule has 0 heterocycles. The second-order valence-corrected chi connectivity index (χ2v) is 7.82. The first kappa shape index (κ1) is 20.9. The largest absolute Gasteiger partial charge is 0.478 e. The third-order valence-corrected chi connectivity index (χ3v) is 5.74. The van der Waals surface area contributed by atoms with E-state index in [4.69, 9.17) is 23.2 Å². The predicted molar refractivity (Wildman–Crippen MR) is 116 cm³/mol. The number of carboxylic acid groups (broad SMARTS) is 1. The van der Waals surface area contributed by atoms with Crippen molar-refractivity contribution in [1.82, 2.24) is 0 Å². The highest BCUT2D eigenvalue weighted by Crippen LogP contribution is 2.37. The molecule has 0 saturated heterocycles. The second kappa shape index (κ2) is 9.13. The molecule has 0 aromatic heterocycles. The number of carbonyl (C=O) groups is 1. The number of rotatable bonds is 6. The molecule has 0 unspecified atom stereocenters. The Balaban J connectivity index is 1.91. The van der Waals surface area contributed by atoms with E-state index < -0.39 is 10.9 Å². The Hall–Kier alpha value is -2.80. The van der Waals surface area contributed by atoms with Gasteiger partial charge in [0.15, 0.2) is 0 Å². The topological polar surface area (TPSA) is 80.4 Å². The number of hydrogen-bond acceptors (Lipinski definition) is 4. The molecule has 0 aliphatic rings. The van der Waals surface area contributed by atoms with E-state index in [1.54, 1.807) is 60.7 Å². The van der Waals surface area contributed by atoms with E-state index in [1.165, 1.54) is 23.9 Å². The van der Waals surface area contributed by atoms with Gasteiger partial charge < -0.3 is 5.11 Å². The zero-order valence-corrected chi connectivity index (χ0v) is 17.0. The lowest BCUT2D eigenvalue weighted by Gasteiger charge is -2.06. The van der Waals surface area contributed by atoms with E-state index in [-0.39, 0.29) is 11.3 Å². The summed E-state index contributed by atoms with van der Waals surface area (Å²) in [5.74, 6) is -1.04. The number of nitrogens with zero attached hydrogens (tertiary/aromatic N) is 1. The van der Waals surface area contributed by atoms with Crippen molar-refractivity contribution in [1.29, 1.82) is 0 Å². The van der Waals surface area contributed by atoms with E-state index in [1.807, 2.05) is 0 Å². The third kappa shape index (κ3) is 5.17. The molecule has 0 saturated carbocycles. The van der Waals surface area contributed by atoms with Crippen LogP contribution in [-0.2, 0) is 0 Å². The van der Waals surface area contributed by atoms with E-state index in [0.717, 1.165) is 4.90 Å². The van der Waals surface area contributed by atoms with Gasteiger partial charge in [0.05, 0.1) is 25.4 Å². The normalized spacial score (nSPS) is 11.0. The van der Waals surface area contributed by atoms with Crippen molar-refractivity contribution >= 4 is 58.8 Å². The Kier molecular flexibility index (Phi) is 6.59. The first-order chi connectivity index (χ1) is 13.8. The minimum absolute atomic E-state index is 0.0604. The lowest BCUT2D eigenvalue weighted by atomic mass is 10.1. The first-order valence-electron chi connectivity index (χ1n) is 8.27. The molecule has 0 aliphatic heterocycles. The van der Waals surface area contributed by atoms with Crippen LogP contribution in [0, 0.1) is 10.1 Å². The monoisotopic (exact) mass is 445 g/mol. The van der Waals surface area contributed by atoms with Crippen molar-refractivity contribution in [3.05, 3.63) is 97.5 Å². The van der Waals surface area contributed by atoms with Crippen molar-refractivity contribution < 1.29 is 14.8 Å². The van der Waals surface area contributed by atoms with Crippen LogP contribution in [0.3, 0.4) is 0 Å². The van der Waals surface area contributed by atoms with Crippen molar-refractivity contribution in [2.75, 3.05) is 0 Å². The Morgan fingerprint density at radius 2 is 1.76 bits per heavy atom. The van der Waals surface area contributed by atoms with Gasteiger partial charge >= 0.3 is 5.97 Å². The lowest BCUT2D eigenvalue weighted by Crippen LogP contribution is -1.98. The molecule has 0 aliphatic carbocycles. The summed E-state index contributed by atoms with van der Waals surface area (Å²) in [5, 5.41) is 21.6. The molecule has 8 heteroatoms. The number of benzene rings is 3. The summed E-state index contributed by atoms with van der Waals surface area (Å²) in [6.07, 6.45) is 3.26. The Labute approximate surface area is 180 Å². The van der Waals surface area contributed by atoms with Gasteiger partial charge in [0.2, 0.25) is 0 Å². The maximum atomic E-state index is 11.5. The molecule has 29 heavy (non-hydrogen) atoms. The minimum Gasteiger partial charge on any atom is -0.478 e. The van der Waals surface area contributed by atoms with Crippen LogP contribution in [0.2, 0.25) is 10.0 Å². The van der Waals surface area contributed by atoms with E-state index in [0.29, 0.717) is 26.1 Å². The zero-order valence-electron chi connectivity index (χ0n) is 14.7. The number of hydrogen-bond donors (Lipinski definition) is 1. The molecule has 0 bridgehead atoms. The molecule has 3 rings (SSSR count). The summed E-state index contributed by atoms with van der Waals surface area (Å²) in [5.41, 5.74) is 1.19. The number of halogens is 2. The molecule has 3 aromatic carbocycles. The quantitative estimate of drug-likeness (QED) is 0.253. The average molecular weight is 446 g/mol. The molecular formula is C21H13Cl2NO4S. The van der Waals surface area contributed by atoms with Crippen LogP contribution >= 0.6 is 35.0 Å². The van der Waals surface area contributed by atoms with Gasteiger partial charge in [0.25, 0.3) is 5.69 Å². The number of carboxylic acids is 1. The minimum atomic E-state index is -1.04. The van der Waals surface area contributed by atoms with Crippen LogP contribution in [0.1, 0.15) is 21.5 Å². The van der Waals surface area contributed by atoms with Gasteiger partial charge in [-0.3, -0.25) is 10.1 Å². The standard InChI is InChI=1S/C21H13Cl2NO4S/c22-17-9-8-15(12-18(17)23)29-20-10-6-13(11-19(20)24(27)28)5-7-14-3-1-2-4-16(14)21(25)26/h1-12H,(H,25,26)/b7-5+. The van der Waals surface area contributed by atoms with Crippen LogP contribution in [0.15, 0.2) is 70.5 Å². The maximum Gasteiger partial charge on any atom is 0.336 e. The van der Waals surface area contributed by atoms with Crippen molar-refractivity contribution in [2.24, 2.45) is 0 Å². The van der Waals surface area contributed by atoms with Crippen molar-refractivity contribution in [3.8, 4) is 0 Å². The summed E-state index contributed by atoms with van der Waals surface area (Å²) >= 11 is 13.1. The highest BCUT2D eigenvalue weighted by Gasteiger charge is 2.16. The van der Waals surface area contributed by atoms with E-state index >= 15 is 0 Å². The maximum absolute atomic E-state index is 11.5. The Bertz CT molecular complexity index is 1130. The Morgan fingerprint density at radius 1 is 1.00 bits per heavy atom. The molecule has 0 amide bonds. The SMILES string of the molecule is O=C(O)c1ccccc1/C=C/c1ccc(Sc2ccc(Cl)c(Cl)c2)c([N+](=O)[O-])c1. The number of nitro benzene ring substituents is 1. The van der Waals surface area contributed by atoms with Gasteiger partial charge in [0.1, 0.15) is 0 Å². The molecule has 0 fully saturated rings. The molecule has 0 spiro atoms. The third-order valence-electron chi connectivity index (χ3n) is 3.95. The number of aromatic carboxylic acids is 1. The van der Waals surface area contributed by atoms with Crippen molar-refractivity contribution in [2.45, 2.75) is 9.79 Å². The second-order valence-electron chi connectivity index (χ2n) is 5.89. The van der Waals surface area contributed by atoms with Crippen LogP contribution in [0.5, 0.6) is 0 Å². The summed E-state index contributed by atoms with van der Waals surface area (Å²) in [7, 11) is 0. The molecule has 0 atom stereocenters. The van der Waals surface area contributed by atoms with Crippen LogP contribution in [0.4, 0.5) is 5.69 Å². The summed E-state index contributed by atoms with van der Waals surface area (Å²) in [6.45, 7) is 0. The summed E-state index contributed by atoms with van der Waals surface area (Å²) < 4.78 is 0. The first-order valence-corrected chi connectivity index (χ1v) is 9.84. The molecule has 1 N–H and O–H groups in total. The highest BCUT2D eigenvalue weighted by atomic mass is 35.5. The van der Waals surface area contributed by atoms with Gasteiger partial charge in [-0.2, -0.15) is 0 Å². The molecule has 146 valence electrons. The van der Waals surface area contributed by atoms with Crippen molar-refractivity contribution in [3.63, 3.8) is 0 Å². The lowest BCUT2D eigenvalue weighted by molar-refractivity contribution is -0.387. The fourth-order valence-electron chi connectivity index (χ4n) is 2.56. The van der Waals surface area contributed by atoms with Crippen LogP contribution in [0.25, 0.3) is 12.2 Å². The van der Waals surface area contributed by atoms with Gasteiger partial charge in [-0.1, -0.05) is 71.4 Å². The zero-order chi connectivity index (χ0) is 21.0. The predicted octanol–water partition coefficient (Wildman–Crippen LogP) is 6.92. The molecular weight excluding hydrogens is 433 g/mol. The molecule has 0 radical (unpaired) electrons. The van der Waals surface area contributed by atoms with Gasteiger partial charge in [-0.25, -0.2) is 4.79 Å². The van der Waals surface area contributed by atoms with E-state index in [2.05, 4.69) is 0 Å². The molecule has 3 aromatic rings. The fraction of sp³-hybridized carbons (Fsp3) is 0. The average Bonchev–Trinajstić information content (AvgIpc) is 2.70. The summed E-state index contributed by atoms with van der Waals surface area (Å²) in [6, 6.07) is 16.4. The van der Waals surface area contributed by atoms with Gasteiger partial charge in [0, 0.05) is 11.0 Å². The highest BCUT2D eigenvalue weighted by molar-refractivity contribution is 7.99. The fourth-order valence-corrected chi connectivity index (χ4v) is 3.86. The van der Waals surface area contributed by atoms with E-state index in [9.17, 15) is 20.0 Å². The smallest absolute Gasteiger partial charge is 0.336 e.